The zero-order chi connectivity index (χ0) is 13.0. The minimum Gasteiger partial charge on any atom is -0.396 e. The van der Waals surface area contributed by atoms with Gasteiger partial charge in [0.25, 0.3) is 0 Å². The molecule has 3 atom stereocenters. The van der Waals surface area contributed by atoms with Crippen LogP contribution in [0, 0.1) is 11.3 Å². The van der Waals surface area contributed by atoms with E-state index in [1.54, 1.807) is 0 Å². The lowest BCUT2D eigenvalue weighted by Crippen LogP contribution is -2.48. The number of hydrogen-bond acceptors (Lipinski definition) is 2. The summed E-state index contributed by atoms with van der Waals surface area (Å²) in [6.45, 7) is 7.47. The van der Waals surface area contributed by atoms with E-state index in [1.807, 2.05) is 0 Å². The Balaban J connectivity index is 1.99. The van der Waals surface area contributed by atoms with Crippen LogP contribution < -0.4 is 0 Å². The molecule has 0 amide bonds. The molecule has 0 radical (unpaired) electrons. The monoisotopic (exact) mass is 253 g/mol. The third kappa shape index (κ3) is 3.27. The van der Waals surface area contributed by atoms with Gasteiger partial charge in [0, 0.05) is 24.6 Å². The maximum Gasteiger partial charge on any atom is 0.0499 e. The van der Waals surface area contributed by atoms with E-state index >= 15 is 0 Å². The van der Waals surface area contributed by atoms with Crippen molar-refractivity contribution < 1.29 is 5.11 Å². The van der Waals surface area contributed by atoms with E-state index in [9.17, 15) is 5.11 Å². The molecule has 2 heteroatoms. The summed E-state index contributed by atoms with van der Waals surface area (Å²) in [5.74, 6) is 0.802. The Bertz CT molecular complexity index is 255. The van der Waals surface area contributed by atoms with Crippen LogP contribution in [0.1, 0.15) is 65.2 Å². The summed E-state index contributed by atoms with van der Waals surface area (Å²) in [7, 11) is 0. The normalized spacial score (nSPS) is 38.8. The molecule has 0 spiro atoms. The van der Waals surface area contributed by atoms with Gasteiger partial charge in [0.15, 0.2) is 0 Å². The van der Waals surface area contributed by atoms with Crippen LogP contribution in [0.2, 0.25) is 0 Å². The first-order chi connectivity index (χ1) is 8.69. The largest absolute Gasteiger partial charge is 0.396 e. The molecule has 1 aliphatic carbocycles. The molecular formula is C16H31NO. The lowest BCUT2D eigenvalue weighted by Gasteiger charge is -2.45. The van der Waals surface area contributed by atoms with Gasteiger partial charge in [-0.05, 0) is 44.6 Å². The molecule has 106 valence electrons. The van der Waals surface area contributed by atoms with Crippen molar-refractivity contribution in [3.05, 3.63) is 0 Å². The molecule has 1 saturated carbocycles. The highest BCUT2D eigenvalue weighted by molar-refractivity contribution is 4.90. The highest BCUT2D eigenvalue weighted by Crippen LogP contribution is 2.40. The number of aliphatic hydroxyl groups is 1. The number of nitrogens with zero attached hydrogens (tertiary/aromatic N) is 1. The molecule has 1 saturated heterocycles. The highest BCUT2D eigenvalue weighted by Gasteiger charge is 2.37. The summed E-state index contributed by atoms with van der Waals surface area (Å²) in [4.78, 5) is 2.69. The van der Waals surface area contributed by atoms with Gasteiger partial charge in [0.05, 0.1) is 0 Å². The smallest absolute Gasteiger partial charge is 0.0499 e. The number of hydrogen-bond donors (Lipinski definition) is 1. The summed E-state index contributed by atoms with van der Waals surface area (Å²) in [6.07, 6.45) is 10.5. The third-order valence-corrected chi connectivity index (χ3v) is 5.28. The molecule has 2 nitrogen and oxygen atoms in total. The van der Waals surface area contributed by atoms with Crippen molar-refractivity contribution in [3.63, 3.8) is 0 Å². The SMILES string of the molecule is CCC1CCCCN1CC1(CO)CCCC(C)C1. The van der Waals surface area contributed by atoms with Crippen molar-refractivity contribution in [1.82, 2.24) is 4.90 Å². The Kier molecular flexibility index (Phi) is 5.08. The molecule has 2 aliphatic rings. The van der Waals surface area contributed by atoms with E-state index in [0.29, 0.717) is 6.61 Å². The van der Waals surface area contributed by atoms with E-state index < -0.39 is 0 Å². The molecule has 0 aromatic rings. The number of aliphatic hydroxyl groups excluding tert-OH is 1. The van der Waals surface area contributed by atoms with Gasteiger partial charge in [-0.2, -0.15) is 0 Å². The molecule has 0 aromatic carbocycles. The van der Waals surface area contributed by atoms with Crippen LogP contribution in [0.25, 0.3) is 0 Å². The predicted octanol–water partition coefficient (Wildman–Crippen LogP) is 3.44. The molecule has 1 aliphatic heterocycles. The molecule has 2 fully saturated rings. The summed E-state index contributed by atoms with van der Waals surface area (Å²) < 4.78 is 0. The van der Waals surface area contributed by atoms with E-state index in [0.717, 1.165) is 18.5 Å². The number of piperidine rings is 1. The lowest BCUT2D eigenvalue weighted by molar-refractivity contribution is 0.000696. The molecule has 2 rings (SSSR count). The summed E-state index contributed by atoms with van der Waals surface area (Å²) in [5, 5.41) is 9.92. The van der Waals surface area contributed by atoms with Crippen LogP contribution in [-0.2, 0) is 0 Å². The Morgan fingerprint density at radius 2 is 2.06 bits per heavy atom. The van der Waals surface area contributed by atoms with Crippen LogP contribution in [-0.4, -0.2) is 35.7 Å². The van der Waals surface area contributed by atoms with Gasteiger partial charge in [0.1, 0.15) is 0 Å². The summed E-state index contributed by atoms with van der Waals surface area (Å²) in [6, 6.07) is 0.777. The second-order valence-corrected chi connectivity index (χ2v) is 6.89. The molecular weight excluding hydrogens is 222 g/mol. The lowest BCUT2D eigenvalue weighted by atomic mass is 9.70. The van der Waals surface area contributed by atoms with Crippen molar-refractivity contribution in [2.24, 2.45) is 11.3 Å². The third-order valence-electron chi connectivity index (χ3n) is 5.28. The minimum atomic E-state index is 0.211. The van der Waals surface area contributed by atoms with Gasteiger partial charge >= 0.3 is 0 Å². The quantitative estimate of drug-likeness (QED) is 0.829. The molecule has 0 bridgehead atoms. The standard InChI is InChI=1S/C16H31NO/c1-3-15-8-4-5-10-17(15)12-16(13-18)9-6-7-14(2)11-16/h14-15,18H,3-13H2,1-2H3. The van der Waals surface area contributed by atoms with Crippen molar-refractivity contribution in [2.75, 3.05) is 19.7 Å². The predicted molar refractivity (Wildman–Crippen MR) is 76.7 cm³/mol. The molecule has 0 aromatic heterocycles. The fourth-order valence-corrected chi connectivity index (χ4v) is 4.27. The van der Waals surface area contributed by atoms with Crippen molar-refractivity contribution >= 4 is 0 Å². The van der Waals surface area contributed by atoms with Crippen LogP contribution in [0.4, 0.5) is 0 Å². The first-order valence-electron chi connectivity index (χ1n) is 8.04. The minimum absolute atomic E-state index is 0.211. The zero-order valence-electron chi connectivity index (χ0n) is 12.3. The second-order valence-electron chi connectivity index (χ2n) is 6.89. The molecule has 1 heterocycles. The highest BCUT2D eigenvalue weighted by atomic mass is 16.3. The number of rotatable bonds is 4. The fourth-order valence-electron chi connectivity index (χ4n) is 4.27. The topological polar surface area (TPSA) is 23.5 Å². The van der Waals surface area contributed by atoms with Gasteiger partial charge in [-0.25, -0.2) is 0 Å². The van der Waals surface area contributed by atoms with Gasteiger partial charge in [0.2, 0.25) is 0 Å². The molecule has 18 heavy (non-hydrogen) atoms. The van der Waals surface area contributed by atoms with Crippen LogP contribution in [0.15, 0.2) is 0 Å². The van der Waals surface area contributed by atoms with Gasteiger partial charge in [-0.3, -0.25) is 4.90 Å². The maximum atomic E-state index is 9.92. The Morgan fingerprint density at radius 3 is 2.72 bits per heavy atom. The molecule has 1 N–H and O–H groups in total. The molecule has 3 unspecified atom stereocenters. The second kappa shape index (κ2) is 6.38. The van der Waals surface area contributed by atoms with E-state index in [4.69, 9.17) is 0 Å². The summed E-state index contributed by atoms with van der Waals surface area (Å²) in [5.41, 5.74) is 0.211. The maximum absolute atomic E-state index is 9.92. The first-order valence-corrected chi connectivity index (χ1v) is 8.04. The Hall–Kier alpha value is -0.0800. The van der Waals surface area contributed by atoms with Crippen molar-refractivity contribution in [3.8, 4) is 0 Å². The average Bonchev–Trinajstić information content (AvgIpc) is 2.39. The van der Waals surface area contributed by atoms with Gasteiger partial charge in [-0.15, -0.1) is 0 Å². The van der Waals surface area contributed by atoms with E-state index in [-0.39, 0.29) is 5.41 Å². The van der Waals surface area contributed by atoms with Crippen molar-refractivity contribution in [2.45, 2.75) is 71.3 Å². The number of likely N-dealkylation sites (tertiary alicyclic amines) is 1. The van der Waals surface area contributed by atoms with Gasteiger partial charge in [-0.1, -0.05) is 33.1 Å². The van der Waals surface area contributed by atoms with Crippen molar-refractivity contribution in [1.29, 1.82) is 0 Å². The Labute approximate surface area is 113 Å². The Morgan fingerprint density at radius 1 is 1.22 bits per heavy atom. The van der Waals surface area contributed by atoms with Crippen LogP contribution >= 0.6 is 0 Å². The van der Waals surface area contributed by atoms with E-state index in [1.165, 1.54) is 57.9 Å². The fraction of sp³-hybridized carbons (Fsp3) is 1.00. The van der Waals surface area contributed by atoms with Crippen LogP contribution in [0.3, 0.4) is 0 Å². The van der Waals surface area contributed by atoms with Gasteiger partial charge < -0.3 is 5.11 Å². The summed E-state index contributed by atoms with van der Waals surface area (Å²) >= 11 is 0. The zero-order valence-corrected chi connectivity index (χ0v) is 12.3. The average molecular weight is 253 g/mol. The van der Waals surface area contributed by atoms with E-state index in [2.05, 4.69) is 18.7 Å². The van der Waals surface area contributed by atoms with Crippen LogP contribution in [0.5, 0.6) is 0 Å². The first kappa shape index (κ1) is 14.3.